The van der Waals surface area contributed by atoms with Crippen molar-refractivity contribution < 1.29 is 9.53 Å². The predicted molar refractivity (Wildman–Crippen MR) is 146 cm³/mol. The number of benzene rings is 3. The van der Waals surface area contributed by atoms with E-state index in [0.29, 0.717) is 34.3 Å². The van der Waals surface area contributed by atoms with Gasteiger partial charge >= 0.3 is 0 Å². The summed E-state index contributed by atoms with van der Waals surface area (Å²) in [6.07, 6.45) is 3.14. The van der Waals surface area contributed by atoms with Crippen molar-refractivity contribution in [2.75, 3.05) is 5.32 Å². The van der Waals surface area contributed by atoms with Crippen molar-refractivity contribution in [3.63, 3.8) is 0 Å². The number of pyridine rings is 1. The maximum Gasteiger partial charge on any atom is 0.299 e. The van der Waals surface area contributed by atoms with Crippen LogP contribution in [0.15, 0.2) is 114 Å². The number of rotatable bonds is 8. The molecule has 0 aliphatic carbocycles. The molecule has 38 heavy (non-hydrogen) atoms. The number of carbonyl (C=O) groups excluding carboxylic acids is 1. The lowest BCUT2D eigenvalue weighted by Crippen LogP contribution is -2.24. The summed E-state index contributed by atoms with van der Waals surface area (Å²) in [5.41, 5.74) is 2.03. The number of aromatic nitrogens is 3. The SMILES string of the molecule is O=C(NCc1ccccn1)c1cccc(Nc2c(Oc3ccc(Cl)cc3)cnn(-c3ccccc3)c2=O)c1. The number of ether oxygens (including phenoxy) is 1. The second-order valence-corrected chi connectivity index (χ2v) is 8.64. The molecule has 2 heterocycles. The van der Waals surface area contributed by atoms with Crippen LogP contribution in [0.1, 0.15) is 16.1 Å². The third-order valence-corrected chi connectivity index (χ3v) is 5.79. The van der Waals surface area contributed by atoms with E-state index in [1.807, 2.05) is 36.4 Å². The van der Waals surface area contributed by atoms with Crippen molar-refractivity contribution in [3.05, 3.63) is 136 Å². The number of hydrogen-bond acceptors (Lipinski definition) is 6. The first-order chi connectivity index (χ1) is 18.6. The molecule has 0 saturated heterocycles. The maximum absolute atomic E-state index is 13.6. The molecule has 2 aromatic heterocycles. The van der Waals surface area contributed by atoms with E-state index in [1.54, 1.807) is 66.9 Å². The number of hydrogen-bond donors (Lipinski definition) is 2. The Balaban J connectivity index is 1.45. The largest absolute Gasteiger partial charge is 0.453 e. The van der Waals surface area contributed by atoms with Crippen molar-refractivity contribution >= 4 is 28.9 Å². The van der Waals surface area contributed by atoms with Crippen LogP contribution in [-0.2, 0) is 6.54 Å². The lowest BCUT2D eigenvalue weighted by atomic mass is 10.2. The zero-order valence-corrected chi connectivity index (χ0v) is 20.8. The fourth-order valence-corrected chi connectivity index (χ4v) is 3.80. The minimum atomic E-state index is -0.423. The zero-order valence-electron chi connectivity index (χ0n) is 20.0. The number of para-hydroxylation sites is 1. The highest BCUT2D eigenvalue weighted by molar-refractivity contribution is 6.30. The number of carbonyl (C=O) groups is 1. The molecule has 188 valence electrons. The molecule has 0 radical (unpaired) electrons. The number of anilines is 2. The first-order valence-corrected chi connectivity index (χ1v) is 12.1. The monoisotopic (exact) mass is 523 g/mol. The van der Waals surface area contributed by atoms with Crippen molar-refractivity contribution in [2.24, 2.45) is 0 Å². The van der Waals surface area contributed by atoms with Crippen LogP contribution >= 0.6 is 11.6 Å². The third-order valence-electron chi connectivity index (χ3n) is 5.54. The fraction of sp³-hybridized carbons (Fsp3) is 0.0345. The second kappa shape index (κ2) is 11.4. The molecule has 0 spiro atoms. The van der Waals surface area contributed by atoms with Gasteiger partial charge in [0.05, 0.1) is 24.1 Å². The van der Waals surface area contributed by atoms with E-state index in [4.69, 9.17) is 16.3 Å². The van der Waals surface area contributed by atoms with Gasteiger partial charge in [0.25, 0.3) is 11.5 Å². The van der Waals surface area contributed by atoms with Crippen LogP contribution in [0.5, 0.6) is 11.5 Å². The van der Waals surface area contributed by atoms with Crippen LogP contribution in [0, 0.1) is 0 Å². The molecule has 1 amide bonds. The van der Waals surface area contributed by atoms with Crippen LogP contribution in [0.3, 0.4) is 0 Å². The summed E-state index contributed by atoms with van der Waals surface area (Å²) in [7, 11) is 0. The predicted octanol–water partition coefficient (Wildman–Crippen LogP) is 5.75. The average Bonchev–Trinajstić information content (AvgIpc) is 2.96. The first-order valence-electron chi connectivity index (χ1n) is 11.7. The molecule has 3 aromatic carbocycles. The number of nitrogens with zero attached hydrogens (tertiary/aromatic N) is 3. The summed E-state index contributed by atoms with van der Waals surface area (Å²) >= 11 is 5.99. The maximum atomic E-state index is 13.6. The van der Waals surface area contributed by atoms with Gasteiger partial charge in [0.1, 0.15) is 5.75 Å². The summed E-state index contributed by atoms with van der Waals surface area (Å²) in [6, 6.07) is 28.2. The van der Waals surface area contributed by atoms with Gasteiger partial charge in [0, 0.05) is 22.5 Å². The summed E-state index contributed by atoms with van der Waals surface area (Å²) in [5, 5.41) is 10.9. The van der Waals surface area contributed by atoms with Crippen molar-refractivity contribution in [1.82, 2.24) is 20.1 Å². The number of halogens is 1. The fourth-order valence-electron chi connectivity index (χ4n) is 3.67. The average molecular weight is 524 g/mol. The van der Waals surface area contributed by atoms with Gasteiger partial charge in [0.2, 0.25) is 0 Å². The van der Waals surface area contributed by atoms with Gasteiger partial charge in [-0.15, -0.1) is 0 Å². The second-order valence-electron chi connectivity index (χ2n) is 8.20. The van der Waals surface area contributed by atoms with Gasteiger partial charge in [-0.25, -0.2) is 0 Å². The van der Waals surface area contributed by atoms with E-state index >= 15 is 0 Å². The lowest BCUT2D eigenvalue weighted by Gasteiger charge is -2.15. The smallest absolute Gasteiger partial charge is 0.299 e. The normalized spacial score (nSPS) is 10.6. The van der Waals surface area contributed by atoms with Crippen molar-refractivity contribution in [2.45, 2.75) is 6.54 Å². The summed E-state index contributed by atoms with van der Waals surface area (Å²) in [4.78, 5) is 30.6. The molecule has 9 heteroatoms. The molecule has 0 aliphatic rings. The summed E-state index contributed by atoms with van der Waals surface area (Å²) in [5.74, 6) is 0.432. The van der Waals surface area contributed by atoms with E-state index in [-0.39, 0.29) is 17.3 Å². The standard InChI is InChI=1S/C29H22ClN5O3/c30-21-12-14-25(15-13-21)38-26-19-33-35(24-10-2-1-3-11-24)29(37)27(26)34-22-9-6-7-20(17-22)28(36)32-18-23-8-4-5-16-31-23/h1-17,19,34H,18H2,(H,32,36). The summed E-state index contributed by atoms with van der Waals surface area (Å²) < 4.78 is 7.27. The molecule has 2 N–H and O–H groups in total. The van der Waals surface area contributed by atoms with Crippen molar-refractivity contribution in [1.29, 1.82) is 0 Å². The molecule has 8 nitrogen and oxygen atoms in total. The van der Waals surface area contributed by atoms with E-state index < -0.39 is 5.56 Å². The molecule has 0 fully saturated rings. The van der Waals surface area contributed by atoms with Gasteiger partial charge in [-0.1, -0.05) is 41.9 Å². The molecule has 0 bridgehead atoms. The van der Waals surface area contributed by atoms with E-state index in [9.17, 15) is 9.59 Å². The molecule has 0 unspecified atom stereocenters. The Labute approximate surface area is 223 Å². The van der Waals surface area contributed by atoms with E-state index in [2.05, 4.69) is 20.7 Å². The van der Waals surface area contributed by atoms with Crippen molar-refractivity contribution in [3.8, 4) is 17.2 Å². The minimum absolute atomic E-state index is 0.157. The van der Waals surface area contributed by atoms with Crippen LogP contribution in [0.25, 0.3) is 5.69 Å². The van der Waals surface area contributed by atoms with Crippen LogP contribution in [-0.4, -0.2) is 20.7 Å². The highest BCUT2D eigenvalue weighted by atomic mass is 35.5. The van der Waals surface area contributed by atoms with Gasteiger partial charge < -0.3 is 15.4 Å². The molecular formula is C29H22ClN5O3. The molecule has 0 atom stereocenters. The Bertz CT molecular complexity index is 1610. The van der Waals surface area contributed by atoms with Crippen LogP contribution in [0.4, 0.5) is 11.4 Å². The van der Waals surface area contributed by atoms with E-state index in [0.717, 1.165) is 5.69 Å². The van der Waals surface area contributed by atoms with Gasteiger partial charge in [0.15, 0.2) is 11.4 Å². The lowest BCUT2D eigenvalue weighted by molar-refractivity contribution is 0.0950. The Morgan fingerprint density at radius 3 is 2.47 bits per heavy atom. The van der Waals surface area contributed by atoms with Gasteiger partial charge in [-0.3, -0.25) is 14.6 Å². The molecule has 5 rings (SSSR count). The Morgan fingerprint density at radius 1 is 0.921 bits per heavy atom. The zero-order chi connectivity index (χ0) is 26.3. The number of nitrogens with one attached hydrogen (secondary N) is 2. The minimum Gasteiger partial charge on any atom is -0.453 e. The Morgan fingerprint density at radius 2 is 1.71 bits per heavy atom. The van der Waals surface area contributed by atoms with Gasteiger partial charge in [-0.2, -0.15) is 9.78 Å². The number of amides is 1. The van der Waals surface area contributed by atoms with E-state index in [1.165, 1.54) is 10.9 Å². The quantitative estimate of drug-likeness (QED) is 0.269. The Hall–Kier alpha value is -4.95. The summed E-state index contributed by atoms with van der Waals surface area (Å²) in [6.45, 7) is 0.294. The first kappa shape index (κ1) is 24.7. The van der Waals surface area contributed by atoms with Crippen LogP contribution in [0.2, 0.25) is 5.02 Å². The highest BCUT2D eigenvalue weighted by Crippen LogP contribution is 2.29. The highest BCUT2D eigenvalue weighted by Gasteiger charge is 2.16. The van der Waals surface area contributed by atoms with Gasteiger partial charge in [-0.05, 0) is 66.7 Å². The topological polar surface area (TPSA) is 98.1 Å². The third kappa shape index (κ3) is 5.88. The van der Waals surface area contributed by atoms with Crippen LogP contribution < -0.4 is 20.9 Å². The molecule has 0 saturated carbocycles. The molecular weight excluding hydrogens is 502 g/mol. The Kier molecular flexibility index (Phi) is 7.42. The molecule has 0 aliphatic heterocycles. The molecule has 5 aromatic rings.